The molecule has 1 heterocycles. The summed E-state index contributed by atoms with van der Waals surface area (Å²) in [7, 11) is 1.70. The maximum Gasteiger partial charge on any atom is 0.127 e. The Morgan fingerprint density at radius 2 is 2.28 bits per heavy atom. The van der Waals surface area contributed by atoms with Crippen molar-refractivity contribution >= 4 is 0 Å². The van der Waals surface area contributed by atoms with Gasteiger partial charge in [0.25, 0.3) is 0 Å². The van der Waals surface area contributed by atoms with E-state index in [1.54, 1.807) is 7.11 Å². The molecule has 0 bridgehead atoms. The SMILES string of the molecule is CCNC1COc2cc(OCCCOC)ccc21. The fourth-order valence-corrected chi connectivity index (χ4v) is 2.09. The lowest BCUT2D eigenvalue weighted by Crippen LogP contribution is -2.21. The van der Waals surface area contributed by atoms with E-state index < -0.39 is 0 Å². The average Bonchev–Trinajstić information content (AvgIpc) is 2.78. The number of fused-ring (bicyclic) bond motifs is 1. The van der Waals surface area contributed by atoms with E-state index in [1.807, 2.05) is 12.1 Å². The zero-order valence-electron chi connectivity index (χ0n) is 11.1. The normalized spacial score (nSPS) is 17.3. The van der Waals surface area contributed by atoms with Gasteiger partial charge in [0.2, 0.25) is 0 Å². The molecular weight excluding hydrogens is 230 g/mol. The van der Waals surface area contributed by atoms with E-state index in [9.17, 15) is 0 Å². The Morgan fingerprint density at radius 3 is 3.06 bits per heavy atom. The second-order valence-electron chi connectivity index (χ2n) is 4.32. The first-order valence-corrected chi connectivity index (χ1v) is 6.47. The molecule has 0 radical (unpaired) electrons. The summed E-state index contributed by atoms with van der Waals surface area (Å²) < 4.78 is 16.3. The third-order valence-electron chi connectivity index (χ3n) is 2.98. The first kappa shape index (κ1) is 13.2. The van der Waals surface area contributed by atoms with Crippen LogP contribution in [0.2, 0.25) is 0 Å². The average molecular weight is 251 g/mol. The molecule has 1 atom stereocenters. The molecule has 0 aromatic heterocycles. The van der Waals surface area contributed by atoms with Crippen LogP contribution in [-0.4, -0.2) is 33.5 Å². The minimum absolute atomic E-state index is 0.313. The van der Waals surface area contributed by atoms with Crippen LogP contribution in [0.25, 0.3) is 0 Å². The van der Waals surface area contributed by atoms with Gasteiger partial charge in [0.1, 0.15) is 18.1 Å². The lowest BCUT2D eigenvalue weighted by molar-refractivity contribution is 0.172. The summed E-state index contributed by atoms with van der Waals surface area (Å²) in [4.78, 5) is 0. The van der Waals surface area contributed by atoms with Crippen LogP contribution in [0.1, 0.15) is 24.9 Å². The van der Waals surface area contributed by atoms with E-state index in [-0.39, 0.29) is 0 Å². The largest absolute Gasteiger partial charge is 0.493 e. The third kappa shape index (κ3) is 3.15. The number of methoxy groups -OCH3 is 1. The van der Waals surface area contributed by atoms with Crippen molar-refractivity contribution in [2.24, 2.45) is 0 Å². The highest BCUT2D eigenvalue weighted by Gasteiger charge is 2.23. The Bertz CT molecular complexity index is 381. The van der Waals surface area contributed by atoms with Gasteiger partial charge in [0.05, 0.1) is 12.6 Å². The molecule has 1 unspecified atom stereocenters. The van der Waals surface area contributed by atoms with Gasteiger partial charge in [-0.05, 0) is 18.7 Å². The summed E-state index contributed by atoms with van der Waals surface area (Å²) in [5.74, 6) is 1.80. The molecule has 1 aromatic rings. The Kier molecular flexibility index (Phi) is 4.84. The van der Waals surface area contributed by atoms with Crippen LogP contribution in [0.15, 0.2) is 18.2 Å². The first-order chi connectivity index (χ1) is 8.85. The number of hydrogen-bond acceptors (Lipinski definition) is 4. The number of nitrogens with one attached hydrogen (secondary N) is 1. The van der Waals surface area contributed by atoms with Crippen LogP contribution in [-0.2, 0) is 4.74 Å². The predicted molar refractivity (Wildman–Crippen MR) is 70.3 cm³/mol. The molecule has 4 nitrogen and oxygen atoms in total. The van der Waals surface area contributed by atoms with Crippen molar-refractivity contribution in [1.29, 1.82) is 0 Å². The van der Waals surface area contributed by atoms with Crippen LogP contribution in [0.3, 0.4) is 0 Å². The Hall–Kier alpha value is -1.26. The fraction of sp³-hybridized carbons (Fsp3) is 0.571. The molecule has 4 heteroatoms. The van der Waals surface area contributed by atoms with Crippen molar-refractivity contribution in [3.63, 3.8) is 0 Å². The van der Waals surface area contributed by atoms with E-state index in [0.29, 0.717) is 19.3 Å². The molecule has 1 N–H and O–H groups in total. The van der Waals surface area contributed by atoms with E-state index in [2.05, 4.69) is 18.3 Å². The van der Waals surface area contributed by atoms with Crippen LogP contribution < -0.4 is 14.8 Å². The summed E-state index contributed by atoms with van der Waals surface area (Å²) in [6, 6.07) is 6.37. The van der Waals surface area contributed by atoms with Crippen LogP contribution >= 0.6 is 0 Å². The molecule has 0 amide bonds. The van der Waals surface area contributed by atoms with Gasteiger partial charge in [0.15, 0.2) is 0 Å². The van der Waals surface area contributed by atoms with Crippen molar-refractivity contribution in [2.45, 2.75) is 19.4 Å². The Morgan fingerprint density at radius 1 is 1.39 bits per heavy atom. The zero-order chi connectivity index (χ0) is 12.8. The summed E-state index contributed by atoms with van der Waals surface area (Å²) in [5.41, 5.74) is 1.22. The maximum atomic E-state index is 5.66. The second kappa shape index (κ2) is 6.61. The maximum absolute atomic E-state index is 5.66. The highest BCUT2D eigenvalue weighted by molar-refractivity contribution is 5.45. The number of rotatable bonds is 7. The van der Waals surface area contributed by atoms with Gasteiger partial charge in [-0.3, -0.25) is 0 Å². The van der Waals surface area contributed by atoms with Crippen LogP contribution in [0.4, 0.5) is 0 Å². The highest BCUT2D eigenvalue weighted by atomic mass is 16.5. The smallest absolute Gasteiger partial charge is 0.127 e. The molecule has 18 heavy (non-hydrogen) atoms. The van der Waals surface area contributed by atoms with Crippen molar-refractivity contribution < 1.29 is 14.2 Å². The van der Waals surface area contributed by atoms with E-state index in [0.717, 1.165) is 31.1 Å². The summed E-state index contributed by atoms with van der Waals surface area (Å²) >= 11 is 0. The third-order valence-corrected chi connectivity index (χ3v) is 2.98. The van der Waals surface area contributed by atoms with Gasteiger partial charge < -0.3 is 19.5 Å². The standard InChI is InChI=1S/C14H21NO3/c1-3-15-13-10-18-14-9-11(5-6-12(13)14)17-8-4-7-16-2/h5-6,9,13,15H,3-4,7-8,10H2,1-2H3. The van der Waals surface area contributed by atoms with Crippen molar-refractivity contribution in [1.82, 2.24) is 5.32 Å². The van der Waals surface area contributed by atoms with Gasteiger partial charge >= 0.3 is 0 Å². The predicted octanol–water partition coefficient (Wildman–Crippen LogP) is 2.14. The molecule has 0 fully saturated rings. The summed E-state index contributed by atoms with van der Waals surface area (Å²) in [6.07, 6.45) is 0.897. The molecule has 2 rings (SSSR count). The number of likely N-dealkylation sites (N-methyl/N-ethyl adjacent to an activating group) is 1. The van der Waals surface area contributed by atoms with Gasteiger partial charge in [-0.2, -0.15) is 0 Å². The monoisotopic (exact) mass is 251 g/mol. The van der Waals surface area contributed by atoms with Gasteiger partial charge in [-0.1, -0.05) is 6.92 Å². The van der Waals surface area contributed by atoms with E-state index in [1.165, 1.54) is 5.56 Å². The van der Waals surface area contributed by atoms with Gasteiger partial charge in [-0.15, -0.1) is 0 Å². The molecule has 0 spiro atoms. The lowest BCUT2D eigenvalue weighted by atomic mass is 10.1. The van der Waals surface area contributed by atoms with Crippen molar-refractivity contribution in [3.8, 4) is 11.5 Å². The molecule has 1 aromatic carbocycles. The molecule has 0 saturated carbocycles. The highest BCUT2D eigenvalue weighted by Crippen LogP contribution is 2.35. The van der Waals surface area contributed by atoms with Crippen molar-refractivity contribution in [3.05, 3.63) is 23.8 Å². The Labute approximate surface area is 108 Å². The van der Waals surface area contributed by atoms with Gasteiger partial charge in [-0.25, -0.2) is 0 Å². The summed E-state index contributed by atoms with van der Waals surface area (Å²) in [6.45, 7) is 5.15. The minimum Gasteiger partial charge on any atom is -0.493 e. The first-order valence-electron chi connectivity index (χ1n) is 6.47. The molecular formula is C14H21NO3. The topological polar surface area (TPSA) is 39.7 Å². The molecule has 0 saturated heterocycles. The minimum atomic E-state index is 0.313. The number of ether oxygens (including phenoxy) is 3. The zero-order valence-corrected chi connectivity index (χ0v) is 11.1. The molecule has 100 valence electrons. The molecule has 0 aliphatic carbocycles. The van der Waals surface area contributed by atoms with E-state index >= 15 is 0 Å². The fourth-order valence-electron chi connectivity index (χ4n) is 2.09. The second-order valence-corrected chi connectivity index (χ2v) is 4.32. The summed E-state index contributed by atoms with van der Waals surface area (Å²) in [5, 5.41) is 3.40. The lowest BCUT2D eigenvalue weighted by Gasteiger charge is -2.10. The van der Waals surface area contributed by atoms with Crippen LogP contribution in [0, 0.1) is 0 Å². The molecule has 1 aliphatic rings. The van der Waals surface area contributed by atoms with Gasteiger partial charge in [0, 0.05) is 31.8 Å². The number of hydrogen-bond donors (Lipinski definition) is 1. The Balaban J connectivity index is 1.92. The quantitative estimate of drug-likeness (QED) is 0.754. The van der Waals surface area contributed by atoms with E-state index in [4.69, 9.17) is 14.2 Å². The van der Waals surface area contributed by atoms with Crippen LogP contribution in [0.5, 0.6) is 11.5 Å². The number of benzene rings is 1. The molecule has 1 aliphatic heterocycles. The van der Waals surface area contributed by atoms with Crippen molar-refractivity contribution in [2.75, 3.05) is 33.5 Å².